The molecule has 0 unspecified atom stereocenters. The zero-order valence-corrected chi connectivity index (χ0v) is 16.8. The predicted octanol–water partition coefficient (Wildman–Crippen LogP) is 5.37. The highest BCUT2D eigenvalue weighted by molar-refractivity contribution is 6.07. The van der Waals surface area contributed by atoms with Crippen LogP contribution < -0.4 is 10.1 Å². The molecule has 1 amide bonds. The minimum Gasteiger partial charge on any atom is -0.495 e. The lowest BCUT2D eigenvalue weighted by Gasteiger charge is -2.18. The first-order valence-corrected chi connectivity index (χ1v) is 9.48. The number of carbonyl (C=O) groups is 1. The van der Waals surface area contributed by atoms with E-state index in [0.29, 0.717) is 23.4 Å². The van der Waals surface area contributed by atoms with Gasteiger partial charge < -0.3 is 10.1 Å². The van der Waals surface area contributed by atoms with E-state index < -0.39 is 0 Å². The van der Waals surface area contributed by atoms with Crippen LogP contribution in [-0.4, -0.2) is 18.0 Å². The molecule has 0 aliphatic carbocycles. The predicted molar refractivity (Wildman–Crippen MR) is 113 cm³/mol. The Labute approximate surface area is 166 Å². The molecule has 3 aromatic rings. The van der Waals surface area contributed by atoms with E-state index in [-0.39, 0.29) is 11.8 Å². The molecule has 2 aromatic carbocycles. The van der Waals surface area contributed by atoms with E-state index >= 15 is 0 Å². The minimum absolute atomic E-state index is 0.161. The molecule has 144 valence electrons. The summed E-state index contributed by atoms with van der Waals surface area (Å²) in [6.07, 6.45) is 0.608. The van der Waals surface area contributed by atoms with Crippen LogP contribution in [0, 0.1) is 6.92 Å². The van der Waals surface area contributed by atoms with Crippen molar-refractivity contribution in [2.24, 2.45) is 0 Å². The van der Waals surface area contributed by atoms with E-state index in [9.17, 15) is 4.79 Å². The third-order valence-corrected chi connectivity index (χ3v) is 4.67. The monoisotopic (exact) mass is 374 g/mol. The average molecular weight is 374 g/mol. The molecule has 4 heteroatoms. The number of ether oxygens (including phenoxy) is 1. The lowest BCUT2D eigenvalue weighted by molar-refractivity contribution is 0.102. The van der Waals surface area contributed by atoms with Crippen LogP contribution in [0.5, 0.6) is 5.75 Å². The molecule has 1 N–H and O–H groups in total. The Kier molecular flexibility index (Phi) is 6.09. The van der Waals surface area contributed by atoms with Gasteiger partial charge in [0.25, 0.3) is 5.91 Å². The van der Waals surface area contributed by atoms with E-state index in [1.54, 1.807) is 7.11 Å². The van der Waals surface area contributed by atoms with Gasteiger partial charge in [-0.25, -0.2) is 0 Å². The zero-order chi connectivity index (χ0) is 20.1. The number of nitrogens with zero attached hydrogens (tertiary/aromatic N) is 1. The number of amides is 1. The normalized spacial score (nSPS) is 10.8. The Balaban J connectivity index is 2.05. The fourth-order valence-electron chi connectivity index (χ4n) is 3.33. The number of anilines is 1. The Bertz CT molecular complexity index is 966. The molecule has 1 heterocycles. The van der Waals surface area contributed by atoms with Crippen LogP contribution in [0.15, 0.2) is 60.7 Å². The van der Waals surface area contributed by atoms with Gasteiger partial charge in [0.2, 0.25) is 0 Å². The quantitative estimate of drug-likeness (QED) is 0.631. The van der Waals surface area contributed by atoms with E-state index in [0.717, 1.165) is 22.5 Å². The smallest absolute Gasteiger partial charge is 0.257 e. The topological polar surface area (TPSA) is 51.2 Å². The molecule has 0 fully saturated rings. The van der Waals surface area contributed by atoms with Crippen LogP contribution in [0.1, 0.15) is 52.6 Å². The van der Waals surface area contributed by atoms with Crippen LogP contribution in [-0.2, 0) is 6.42 Å². The highest BCUT2D eigenvalue weighted by Crippen LogP contribution is 2.28. The summed E-state index contributed by atoms with van der Waals surface area (Å²) in [5, 5.41) is 3.01. The van der Waals surface area contributed by atoms with Crippen LogP contribution in [0.25, 0.3) is 0 Å². The number of methoxy groups -OCH3 is 1. The molecular formula is C24H26N2O2. The SMILES string of the molecule is COc1ccccc1NC(=O)c1c(C(C)C)cc(C)nc1Cc1ccccc1. The fourth-order valence-corrected chi connectivity index (χ4v) is 3.33. The summed E-state index contributed by atoms with van der Waals surface area (Å²) in [6, 6.07) is 19.5. The van der Waals surface area contributed by atoms with Crippen LogP contribution in [0.4, 0.5) is 5.69 Å². The second-order valence-electron chi connectivity index (χ2n) is 7.15. The van der Waals surface area contributed by atoms with Crippen LogP contribution in [0.2, 0.25) is 0 Å². The molecule has 0 saturated carbocycles. The molecule has 3 rings (SSSR count). The van der Waals surface area contributed by atoms with Gasteiger partial charge in [-0.1, -0.05) is 56.3 Å². The number of carbonyl (C=O) groups excluding carboxylic acids is 1. The zero-order valence-electron chi connectivity index (χ0n) is 16.8. The molecular weight excluding hydrogens is 348 g/mol. The van der Waals surface area contributed by atoms with Crippen molar-refractivity contribution in [3.63, 3.8) is 0 Å². The van der Waals surface area contributed by atoms with Gasteiger partial charge in [0.1, 0.15) is 5.75 Å². The highest BCUT2D eigenvalue weighted by atomic mass is 16.5. The van der Waals surface area contributed by atoms with E-state index in [2.05, 4.69) is 31.3 Å². The molecule has 4 nitrogen and oxygen atoms in total. The molecule has 0 spiro atoms. The summed E-state index contributed by atoms with van der Waals surface area (Å²) in [4.78, 5) is 18.0. The number of hydrogen-bond acceptors (Lipinski definition) is 3. The van der Waals surface area contributed by atoms with Gasteiger partial charge in [-0.15, -0.1) is 0 Å². The molecule has 1 aromatic heterocycles. The fraction of sp³-hybridized carbons (Fsp3) is 0.250. The molecule has 0 bridgehead atoms. The van der Waals surface area contributed by atoms with Crippen molar-refractivity contribution in [2.45, 2.75) is 33.1 Å². The molecule has 0 saturated heterocycles. The minimum atomic E-state index is -0.161. The first-order chi connectivity index (χ1) is 13.5. The van der Waals surface area contributed by atoms with Gasteiger partial charge in [-0.2, -0.15) is 0 Å². The third kappa shape index (κ3) is 4.39. The van der Waals surface area contributed by atoms with Crippen molar-refractivity contribution in [3.8, 4) is 5.75 Å². The maximum atomic E-state index is 13.3. The molecule has 0 aliphatic heterocycles. The Morgan fingerprint density at radius 3 is 2.43 bits per heavy atom. The Morgan fingerprint density at radius 1 is 1.07 bits per heavy atom. The van der Waals surface area contributed by atoms with Crippen molar-refractivity contribution in [3.05, 3.63) is 88.7 Å². The molecule has 0 aliphatic rings. The second-order valence-corrected chi connectivity index (χ2v) is 7.15. The van der Waals surface area contributed by atoms with Crippen LogP contribution in [0.3, 0.4) is 0 Å². The van der Waals surface area contributed by atoms with Gasteiger partial charge in [-0.3, -0.25) is 9.78 Å². The van der Waals surface area contributed by atoms with E-state index in [1.807, 2.05) is 55.5 Å². The van der Waals surface area contributed by atoms with E-state index in [4.69, 9.17) is 9.72 Å². The number of pyridine rings is 1. The number of hydrogen-bond donors (Lipinski definition) is 1. The molecule has 28 heavy (non-hydrogen) atoms. The van der Waals surface area contributed by atoms with Crippen molar-refractivity contribution < 1.29 is 9.53 Å². The largest absolute Gasteiger partial charge is 0.495 e. The standard InChI is InChI=1S/C24H26N2O2/c1-16(2)19-14-17(3)25-21(15-18-10-6-5-7-11-18)23(19)24(27)26-20-12-8-9-13-22(20)28-4/h5-14,16H,15H2,1-4H3,(H,26,27). The summed E-state index contributed by atoms with van der Waals surface area (Å²) < 4.78 is 5.37. The summed E-state index contributed by atoms with van der Waals surface area (Å²) in [7, 11) is 1.60. The highest BCUT2D eigenvalue weighted by Gasteiger charge is 2.21. The van der Waals surface area contributed by atoms with Gasteiger partial charge in [0, 0.05) is 12.1 Å². The van der Waals surface area contributed by atoms with Gasteiger partial charge in [-0.05, 0) is 42.2 Å². The number of nitrogens with one attached hydrogen (secondary N) is 1. The van der Waals surface area contributed by atoms with Gasteiger partial charge in [0.15, 0.2) is 0 Å². The average Bonchev–Trinajstić information content (AvgIpc) is 2.68. The summed E-state index contributed by atoms with van der Waals surface area (Å²) in [5.74, 6) is 0.674. The van der Waals surface area contributed by atoms with Gasteiger partial charge in [0.05, 0.1) is 24.1 Å². The van der Waals surface area contributed by atoms with Crippen molar-refractivity contribution in [1.29, 1.82) is 0 Å². The summed E-state index contributed by atoms with van der Waals surface area (Å²) in [6.45, 7) is 6.17. The van der Waals surface area contributed by atoms with Crippen molar-refractivity contribution in [1.82, 2.24) is 4.98 Å². The Morgan fingerprint density at radius 2 is 1.75 bits per heavy atom. The Hall–Kier alpha value is -3.14. The van der Waals surface area contributed by atoms with Gasteiger partial charge >= 0.3 is 0 Å². The van der Waals surface area contributed by atoms with E-state index in [1.165, 1.54) is 0 Å². The number of aromatic nitrogens is 1. The number of aryl methyl sites for hydroxylation is 1. The molecule has 0 atom stereocenters. The van der Waals surface area contributed by atoms with Crippen LogP contribution >= 0.6 is 0 Å². The van der Waals surface area contributed by atoms with Crippen molar-refractivity contribution >= 4 is 11.6 Å². The van der Waals surface area contributed by atoms with Crippen molar-refractivity contribution in [2.75, 3.05) is 12.4 Å². The summed E-state index contributed by atoms with van der Waals surface area (Å²) >= 11 is 0. The number of rotatable bonds is 6. The number of para-hydroxylation sites is 2. The third-order valence-electron chi connectivity index (χ3n) is 4.67. The first kappa shape index (κ1) is 19.6. The maximum absolute atomic E-state index is 13.3. The lowest BCUT2D eigenvalue weighted by atomic mass is 9.92. The summed E-state index contributed by atoms with van der Waals surface area (Å²) in [5.41, 5.74) is 5.14. The molecule has 0 radical (unpaired) electrons. The maximum Gasteiger partial charge on any atom is 0.257 e. The lowest BCUT2D eigenvalue weighted by Crippen LogP contribution is -2.19. The first-order valence-electron chi connectivity index (χ1n) is 9.48. The number of benzene rings is 2. The second kappa shape index (κ2) is 8.70.